The molecule has 4 unspecified atom stereocenters. The van der Waals surface area contributed by atoms with Crippen molar-refractivity contribution in [1.29, 1.82) is 0 Å². The molecular formula is C24H40N4O6S2. The normalized spacial score (nSPS) is 24.2. The summed E-state index contributed by atoms with van der Waals surface area (Å²) in [5.41, 5.74) is 6.46. The van der Waals surface area contributed by atoms with Crippen molar-refractivity contribution in [3.63, 3.8) is 0 Å². The monoisotopic (exact) mass is 544 g/mol. The standard InChI is InChI=1S/C24H40N4O6S2/c1-3-7-16(20(30)22(32)26-13-18(29)34-2)27-21(31)17-12-24(35-10-11-36-24)14-28(17)23(33)19(25)15-8-5-4-6-9-15/h15-17,19-20,30H,3-14,25H2,1-2H3,(H,26,32)(H,27,31). The summed E-state index contributed by atoms with van der Waals surface area (Å²) < 4.78 is 4.27. The molecule has 1 saturated carbocycles. The van der Waals surface area contributed by atoms with Crippen molar-refractivity contribution in [3.05, 3.63) is 0 Å². The van der Waals surface area contributed by atoms with Crippen molar-refractivity contribution in [2.75, 3.05) is 31.7 Å². The molecule has 4 atom stereocenters. The highest BCUT2D eigenvalue weighted by atomic mass is 32.2. The second-order valence-corrected chi connectivity index (χ2v) is 13.1. The second-order valence-electron chi connectivity index (χ2n) is 9.86. The van der Waals surface area contributed by atoms with Crippen molar-refractivity contribution in [1.82, 2.24) is 15.5 Å². The third kappa shape index (κ3) is 7.08. The van der Waals surface area contributed by atoms with Gasteiger partial charge in [0.05, 0.1) is 23.3 Å². The number of esters is 1. The molecule has 0 aromatic rings. The van der Waals surface area contributed by atoms with E-state index < -0.39 is 36.1 Å². The summed E-state index contributed by atoms with van der Waals surface area (Å²) >= 11 is 3.57. The van der Waals surface area contributed by atoms with Gasteiger partial charge in [-0.1, -0.05) is 32.6 Å². The van der Waals surface area contributed by atoms with Gasteiger partial charge in [-0.25, -0.2) is 0 Å². The van der Waals surface area contributed by atoms with E-state index in [0.717, 1.165) is 43.6 Å². The summed E-state index contributed by atoms with van der Waals surface area (Å²) in [5, 5.41) is 15.8. The number of nitrogens with zero attached hydrogens (tertiary/aromatic N) is 1. The van der Waals surface area contributed by atoms with Crippen LogP contribution in [-0.4, -0.2) is 93.7 Å². The molecule has 0 bridgehead atoms. The van der Waals surface area contributed by atoms with Crippen molar-refractivity contribution in [2.45, 2.75) is 86.6 Å². The van der Waals surface area contributed by atoms with Crippen molar-refractivity contribution in [3.8, 4) is 0 Å². The topological polar surface area (TPSA) is 151 Å². The number of rotatable bonds is 10. The summed E-state index contributed by atoms with van der Waals surface area (Å²) in [7, 11) is 1.20. The van der Waals surface area contributed by atoms with Crippen LogP contribution in [0.3, 0.4) is 0 Å². The first-order chi connectivity index (χ1) is 17.2. The zero-order valence-corrected chi connectivity index (χ0v) is 22.8. The number of carbonyl (C=O) groups excluding carboxylic acids is 4. The van der Waals surface area contributed by atoms with E-state index in [4.69, 9.17) is 5.73 Å². The van der Waals surface area contributed by atoms with Gasteiger partial charge < -0.3 is 31.1 Å². The number of aliphatic hydroxyl groups is 1. The number of carbonyl (C=O) groups is 4. The maximum absolute atomic E-state index is 13.6. The maximum atomic E-state index is 13.6. The van der Waals surface area contributed by atoms with E-state index in [1.807, 2.05) is 6.92 Å². The first-order valence-corrected chi connectivity index (χ1v) is 14.9. The number of methoxy groups -OCH3 is 1. The van der Waals surface area contributed by atoms with Gasteiger partial charge in [0, 0.05) is 24.5 Å². The van der Waals surface area contributed by atoms with Gasteiger partial charge in [-0.05, 0) is 25.2 Å². The van der Waals surface area contributed by atoms with E-state index >= 15 is 0 Å². The number of ether oxygens (including phenoxy) is 1. The highest BCUT2D eigenvalue weighted by Crippen LogP contribution is 2.52. The number of thioether (sulfide) groups is 2. The highest BCUT2D eigenvalue weighted by Gasteiger charge is 2.52. The molecule has 3 aliphatic rings. The fourth-order valence-corrected chi connectivity index (χ4v) is 8.57. The first-order valence-electron chi connectivity index (χ1n) is 12.9. The molecule has 2 aliphatic heterocycles. The Bertz CT molecular complexity index is 803. The van der Waals surface area contributed by atoms with Gasteiger partial charge in [0.15, 0.2) is 6.10 Å². The Hall–Kier alpha value is -1.50. The first kappa shape index (κ1) is 29.1. The fourth-order valence-electron chi connectivity index (χ4n) is 5.31. The lowest BCUT2D eigenvalue weighted by atomic mass is 9.83. The molecular weight excluding hydrogens is 504 g/mol. The molecule has 0 aromatic heterocycles. The van der Waals surface area contributed by atoms with Crippen LogP contribution in [-0.2, 0) is 23.9 Å². The molecule has 1 spiro atoms. The van der Waals surface area contributed by atoms with E-state index in [0.29, 0.717) is 25.8 Å². The van der Waals surface area contributed by atoms with Crippen LogP contribution in [0.25, 0.3) is 0 Å². The van der Waals surface area contributed by atoms with Gasteiger partial charge in [0.1, 0.15) is 12.6 Å². The molecule has 3 fully saturated rings. The van der Waals surface area contributed by atoms with Crippen LogP contribution in [0.1, 0.15) is 58.3 Å². The van der Waals surface area contributed by atoms with E-state index in [1.165, 1.54) is 7.11 Å². The van der Waals surface area contributed by atoms with Crippen LogP contribution < -0.4 is 16.4 Å². The van der Waals surface area contributed by atoms with Crippen molar-refractivity contribution in [2.24, 2.45) is 11.7 Å². The Morgan fingerprint density at radius 3 is 2.44 bits per heavy atom. The minimum absolute atomic E-state index is 0.128. The van der Waals surface area contributed by atoms with Gasteiger partial charge in [-0.2, -0.15) is 0 Å². The number of likely N-dealkylation sites (tertiary alicyclic amines) is 1. The number of hydrogen-bond donors (Lipinski definition) is 4. The Kier molecular flexibility index (Phi) is 10.8. The van der Waals surface area contributed by atoms with Gasteiger partial charge in [0.2, 0.25) is 11.8 Å². The zero-order valence-electron chi connectivity index (χ0n) is 21.2. The minimum Gasteiger partial charge on any atom is -0.468 e. The van der Waals surface area contributed by atoms with Gasteiger partial charge in [-0.3, -0.25) is 19.2 Å². The summed E-state index contributed by atoms with van der Waals surface area (Å²) in [5.74, 6) is 0.0797. The van der Waals surface area contributed by atoms with Crippen LogP contribution in [0, 0.1) is 5.92 Å². The zero-order chi connectivity index (χ0) is 26.3. The molecule has 1 aliphatic carbocycles. The Morgan fingerprint density at radius 1 is 1.17 bits per heavy atom. The van der Waals surface area contributed by atoms with Crippen molar-refractivity contribution >= 4 is 47.2 Å². The van der Waals surface area contributed by atoms with Gasteiger partial charge in [-0.15, -0.1) is 23.5 Å². The molecule has 10 nitrogen and oxygen atoms in total. The molecule has 204 valence electrons. The lowest BCUT2D eigenvalue weighted by Crippen LogP contribution is -2.57. The van der Waals surface area contributed by atoms with Crippen LogP contribution >= 0.6 is 23.5 Å². The molecule has 0 aromatic carbocycles. The SMILES string of the molecule is CCCC(NC(=O)C1CC2(CN1C(=O)C(N)C1CCCCC1)SCCS2)C(O)C(=O)NCC(=O)OC. The van der Waals surface area contributed by atoms with Crippen LogP contribution in [0.5, 0.6) is 0 Å². The predicted molar refractivity (Wildman–Crippen MR) is 140 cm³/mol. The summed E-state index contributed by atoms with van der Waals surface area (Å²) in [6, 6.07) is -2.20. The van der Waals surface area contributed by atoms with Crippen molar-refractivity contribution < 1.29 is 29.0 Å². The maximum Gasteiger partial charge on any atom is 0.325 e. The Balaban J connectivity index is 1.72. The third-order valence-corrected chi connectivity index (χ3v) is 10.8. The average molecular weight is 545 g/mol. The average Bonchev–Trinajstić information content (AvgIpc) is 3.52. The fraction of sp³-hybridized carbons (Fsp3) is 0.833. The number of nitrogens with one attached hydrogen (secondary N) is 2. The molecule has 0 radical (unpaired) electrons. The Morgan fingerprint density at radius 2 is 1.83 bits per heavy atom. The number of hydrogen-bond acceptors (Lipinski definition) is 9. The molecule has 2 saturated heterocycles. The predicted octanol–water partition coefficient (Wildman–Crippen LogP) is 0.606. The highest BCUT2D eigenvalue weighted by molar-refractivity contribution is 8.21. The summed E-state index contributed by atoms with van der Waals surface area (Å²) in [6.45, 7) is 1.97. The lowest BCUT2D eigenvalue weighted by Gasteiger charge is -2.33. The molecule has 5 N–H and O–H groups in total. The van der Waals surface area contributed by atoms with E-state index in [9.17, 15) is 24.3 Å². The number of amides is 3. The molecule has 12 heteroatoms. The lowest BCUT2D eigenvalue weighted by molar-refractivity contribution is -0.143. The molecule has 36 heavy (non-hydrogen) atoms. The minimum atomic E-state index is -1.54. The molecule has 3 rings (SSSR count). The van der Waals surface area contributed by atoms with Crippen LogP contribution in [0.4, 0.5) is 0 Å². The van der Waals surface area contributed by atoms with Gasteiger partial charge >= 0.3 is 5.97 Å². The Labute approximate surface area is 221 Å². The number of aliphatic hydroxyl groups excluding tert-OH is 1. The smallest absolute Gasteiger partial charge is 0.325 e. The second kappa shape index (κ2) is 13.3. The molecule has 3 amide bonds. The van der Waals surface area contributed by atoms with Crippen LogP contribution in [0.15, 0.2) is 0 Å². The largest absolute Gasteiger partial charge is 0.468 e. The quantitative estimate of drug-likeness (QED) is 0.290. The van der Waals surface area contributed by atoms with Gasteiger partial charge in [0.25, 0.3) is 5.91 Å². The van der Waals surface area contributed by atoms with E-state index in [1.54, 1.807) is 28.4 Å². The third-order valence-electron chi connectivity index (χ3n) is 7.35. The van der Waals surface area contributed by atoms with Crippen LogP contribution in [0.2, 0.25) is 0 Å². The number of nitrogens with two attached hydrogens (primary N) is 1. The van der Waals surface area contributed by atoms with E-state index in [-0.39, 0.29) is 28.4 Å². The molecule has 2 heterocycles. The summed E-state index contributed by atoms with van der Waals surface area (Å²) in [4.78, 5) is 52.5. The van der Waals surface area contributed by atoms with E-state index in [2.05, 4.69) is 15.4 Å². The summed E-state index contributed by atoms with van der Waals surface area (Å²) in [6.07, 6.45) is 5.09.